The number of unbranched alkanes of at least 4 members (excludes halogenated alkanes) is 6. The van der Waals surface area contributed by atoms with Gasteiger partial charge in [-0.3, -0.25) is 0 Å². The molecular weight excluding hydrogens is 307 g/mol. The van der Waals surface area contributed by atoms with Crippen LogP contribution in [0.15, 0.2) is 0 Å². The maximum absolute atomic E-state index is 2.28. The number of hydrogen-bond acceptors (Lipinski definition) is 1. The van der Waals surface area contributed by atoms with Gasteiger partial charge in [0.2, 0.25) is 0 Å². The maximum atomic E-state index is 2.28. The van der Waals surface area contributed by atoms with Gasteiger partial charge in [-0.2, -0.15) is 11.8 Å². The summed E-state index contributed by atoms with van der Waals surface area (Å²) in [5.41, 5.74) is 0. The fraction of sp³-hybridized carbons (Fsp3) is 1.00. The van der Waals surface area contributed by atoms with Crippen LogP contribution < -0.4 is 0 Å². The molecule has 0 aromatic heterocycles. The van der Waals surface area contributed by atoms with Crippen molar-refractivity contribution in [3.63, 3.8) is 0 Å². The van der Waals surface area contributed by atoms with E-state index in [1.807, 2.05) is 0 Å². The molecule has 15 heavy (non-hydrogen) atoms. The van der Waals surface area contributed by atoms with Crippen LogP contribution >= 0.6 is 11.8 Å². The van der Waals surface area contributed by atoms with Gasteiger partial charge in [0.1, 0.15) is 0 Å². The van der Waals surface area contributed by atoms with E-state index in [0.717, 1.165) is 0 Å². The molecule has 0 aliphatic rings. The van der Waals surface area contributed by atoms with Gasteiger partial charge in [0.25, 0.3) is 0 Å². The molecule has 84 valence electrons. The fourth-order valence-corrected chi connectivity index (χ4v) is 2.44. The Labute approximate surface area is 127 Å². The van der Waals surface area contributed by atoms with Gasteiger partial charge in [-0.1, -0.05) is 52.4 Å². The van der Waals surface area contributed by atoms with Crippen molar-refractivity contribution in [2.45, 2.75) is 65.2 Å². The van der Waals surface area contributed by atoms with E-state index in [1.54, 1.807) is 0 Å². The van der Waals surface area contributed by atoms with Gasteiger partial charge < -0.3 is 0 Å². The van der Waals surface area contributed by atoms with Gasteiger partial charge in [-0.05, 0) is 24.3 Å². The van der Waals surface area contributed by atoms with Crippen molar-refractivity contribution in [1.29, 1.82) is 0 Å². The number of thioether (sulfide) groups is 1. The Morgan fingerprint density at radius 2 is 1.07 bits per heavy atom. The predicted octanol–water partition coefficient (Wildman–Crippen LogP) is 4.88. The van der Waals surface area contributed by atoms with E-state index in [-0.39, 0.29) is 39.0 Å². The molecule has 0 amide bonds. The molecule has 0 N–H and O–H groups in total. The summed E-state index contributed by atoms with van der Waals surface area (Å²) in [5, 5.41) is 0. The SMILES string of the molecule is CCCCCCCCSCCCC.[Zn].[Zn]. The average Bonchev–Trinajstić information content (AvgIpc) is 2.16. The second-order valence-corrected chi connectivity index (χ2v) is 4.96. The summed E-state index contributed by atoms with van der Waals surface area (Å²) >= 11 is 2.14. The Balaban J connectivity index is -0.000000720. The van der Waals surface area contributed by atoms with Gasteiger partial charge in [0.15, 0.2) is 0 Å². The first-order valence-corrected chi connectivity index (χ1v) is 7.15. The Hall–Kier alpha value is 1.60. The summed E-state index contributed by atoms with van der Waals surface area (Å²) in [6.45, 7) is 4.55. The van der Waals surface area contributed by atoms with Crippen LogP contribution in [0.1, 0.15) is 65.2 Å². The summed E-state index contributed by atoms with van der Waals surface area (Å²) in [4.78, 5) is 0. The van der Waals surface area contributed by atoms with E-state index in [4.69, 9.17) is 0 Å². The van der Waals surface area contributed by atoms with E-state index in [0.29, 0.717) is 0 Å². The summed E-state index contributed by atoms with van der Waals surface area (Å²) in [7, 11) is 0. The Bertz CT molecular complexity index is 79.7. The molecule has 0 radical (unpaired) electrons. The summed E-state index contributed by atoms with van der Waals surface area (Å²) < 4.78 is 0. The zero-order valence-corrected chi connectivity index (χ0v) is 17.6. The van der Waals surface area contributed by atoms with Crippen molar-refractivity contribution in [3.05, 3.63) is 0 Å². The van der Waals surface area contributed by atoms with E-state index >= 15 is 0 Å². The molecule has 0 bridgehead atoms. The summed E-state index contributed by atoms with van der Waals surface area (Å²) in [6.07, 6.45) is 11.4. The summed E-state index contributed by atoms with van der Waals surface area (Å²) in [6, 6.07) is 0. The third-order valence-corrected chi connectivity index (χ3v) is 3.44. The maximum Gasteiger partial charge on any atom is 0 e. The van der Waals surface area contributed by atoms with Crippen molar-refractivity contribution in [1.82, 2.24) is 0 Å². The Morgan fingerprint density at radius 3 is 1.67 bits per heavy atom. The van der Waals surface area contributed by atoms with Gasteiger partial charge >= 0.3 is 0 Å². The molecule has 0 aromatic carbocycles. The molecule has 0 heterocycles. The first-order chi connectivity index (χ1) is 6.41. The van der Waals surface area contributed by atoms with Crippen molar-refractivity contribution in [2.24, 2.45) is 0 Å². The molecule has 3 heteroatoms. The molecule has 0 aliphatic heterocycles. The molecule has 0 aromatic rings. The topological polar surface area (TPSA) is 0 Å². The van der Waals surface area contributed by atoms with Crippen LogP contribution in [0.3, 0.4) is 0 Å². The Kier molecular flexibility index (Phi) is 30.5. The van der Waals surface area contributed by atoms with Crippen molar-refractivity contribution in [2.75, 3.05) is 11.5 Å². The second-order valence-electron chi connectivity index (χ2n) is 3.73. The zero-order valence-electron chi connectivity index (χ0n) is 10.9. The molecule has 0 nitrogen and oxygen atoms in total. The summed E-state index contributed by atoms with van der Waals surface area (Å²) in [5.74, 6) is 2.78. The first kappa shape index (κ1) is 21.8. The molecule has 0 saturated heterocycles. The van der Waals surface area contributed by atoms with Gasteiger partial charge in [0, 0.05) is 39.0 Å². The minimum Gasteiger partial charge on any atom is -0.162 e. The van der Waals surface area contributed by atoms with E-state index in [9.17, 15) is 0 Å². The van der Waals surface area contributed by atoms with Gasteiger partial charge in [-0.15, -0.1) is 0 Å². The smallest absolute Gasteiger partial charge is 0 e. The fourth-order valence-electron chi connectivity index (χ4n) is 1.33. The molecule has 0 atom stereocenters. The van der Waals surface area contributed by atoms with Gasteiger partial charge in [0.05, 0.1) is 0 Å². The number of hydrogen-bond donors (Lipinski definition) is 0. The minimum absolute atomic E-state index is 0. The van der Waals surface area contributed by atoms with Crippen LogP contribution in [-0.4, -0.2) is 11.5 Å². The van der Waals surface area contributed by atoms with Crippen molar-refractivity contribution in [3.8, 4) is 0 Å². The second kappa shape index (κ2) is 20.9. The number of rotatable bonds is 10. The van der Waals surface area contributed by atoms with E-state index < -0.39 is 0 Å². The molecule has 0 rings (SSSR count). The monoisotopic (exact) mass is 330 g/mol. The molecule has 0 saturated carbocycles. The van der Waals surface area contributed by atoms with Gasteiger partial charge in [-0.25, -0.2) is 0 Å². The Morgan fingerprint density at radius 1 is 0.600 bits per heavy atom. The normalized spacial score (nSPS) is 9.20. The standard InChI is InChI=1S/C12H26S.2Zn/c1-3-5-7-8-9-10-12-13-11-6-4-2;;/h3-12H2,1-2H3;;. The van der Waals surface area contributed by atoms with Crippen molar-refractivity contribution < 1.29 is 39.0 Å². The predicted molar refractivity (Wildman–Crippen MR) is 65.6 cm³/mol. The van der Waals surface area contributed by atoms with Crippen LogP contribution in [0.25, 0.3) is 0 Å². The van der Waals surface area contributed by atoms with Crippen LogP contribution in [0.5, 0.6) is 0 Å². The van der Waals surface area contributed by atoms with Crippen molar-refractivity contribution >= 4 is 11.8 Å². The largest absolute Gasteiger partial charge is 0.162 e. The van der Waals surface area contributed by atoms with Crippen LogP contribution in [0.2, 0.25) is 0 Å². The zero-order chi connectivity index (χ0) is 9.78. The van der Waals surface area contributed by atoms with Crippen LogP contribution in [0.4, 0.5) is 0 Å². The first-order valence-electron chi connectivity index (χ1n) is 5.99. The molecule has 0 aliphatic carbocycles. The molecule has 0 spiro atoms. The average molecular weight is 333 g/mol. The third kappa shape index (κ3) is 21.4. The van der Waals surface area contributed by atoms with Crippen LogP contribution in [-0.2, 0) is 39.0 Å². The molecule has 0 fully saturated rings. The quantitative estimate of drug-likeness (QED) is 0.406. The minimum atomic E-state index is 0. The van der Waals surface area contributed by atoms with E-state index in [2.05, 4.69) is 25.6 Å². The third-order valence-electron chi connectivity index (χ3n) is 2.28. The van der Waals surface area contributed by atoms with E-state index in [1.165, 1.54) is 62.9 Å². The molecule has 0 unspecified atom stereocenters. The molecular formula is C12H26SZn2. The van der Waals surface area contributed by atoms with Crippen LogP contribution in [0, 0.1) is 0 Å².